The maximum atomic E-state index is 12.8. The number of hydrogen-bond acceptors (Lipinski definition) is 2. The molecular formula is C20H22N2O. The molecule has 3 nitrogen and oxygen atoms in total. The molecule has 0 unspecified atom stereocenters. The molecule has 2 aromatic carbocycles. The molecule has 0 spiro atoms. The van der Waals surface area contributed by atoms with Crippen LogP contribution in [0, 0.1) is 6.92 Å². The van der Waals surface area contributed by atoms with E-state index in [1.54, 1.807) is 0 Å². The highest BCUT2D eigenvalue weighted by Crippen LogP contribution is 2.22. The number of Topliss-reactive ketones (excluding diaryl/α,β-unsaturated/α-hetero) is 1. The van der Waals surface area contributed by atoms with Gasteiger partial charge in [0.1, 0.15) is 0 Å². The first-order valence-corrected chi connectivity index (χ1v) is 7.99. The van der Waals surface area contributed by atoms with Gasteiger partial charge in [0.05, 0.1) is 6.54 Å². The molecule has 3 heteroatoms. The Bertz CT molecular complexity index is 848. The number of aromatic nitrogens is 1. The molecule has 0 aliphatic rings. The summed E-state index contributed by atoms with van der Waals surface area (Å²) in [4.78, 5) is 15.0. The number of carbonyl (C=O) groups excluding carboxylic acids is 1. The largest absolute Gasteiger partial charge is 0.364 e. The van der Waals surface area contributed by atoms with Gasteiger partial charge in [-0.1, -0.05) is 30.3 Å². The molecule has 118 valence electrons. The molecular weight excluding hydrogens is 284 g/mol. The number of aryl methyl sites for hydroxylation is 2. The van der Waals surface area contributed by atoms with Crippen LogP contribution in [0.1, 0.15) is 22.8 Å². The van der Waals surface area contributed by atoms with Gasteiger partial charge in [-0.25, -0.2) is 0 Å². The van der Waals surface area contributed by atoms with Gasteiger partial charge in [-0.2, -0.15) is 0 Å². The van der Waals surface area contributed by atoms with E-state index < -0.39 is 0 Å². The number of para-hydroxylation sites is 1. The zero-order valence-electron chi connectivity index (χ0n) is 13.9. The van der Waals surface area contributed by atoms with Gasteiger partial charge in [0, 0.05) is 41.9 Å². The van der Waals surface area contributed by atoms with Crippen LogP contribution in [0.15, 0.2) is 54.7 Å². The Hall–Kier alpha value is -2.55. The lowest BCUT2D eigenvalue weighted by Crippen LogP contribution is -2.29. The third kappa shape index (κ3) is 3.00. The summed E-state index contributed by atoms with van der Waals surface area (Å²) in [6.45, 7) is 5.36. The van der Waals surface area contributed by atoms with E-state index in [1.807, 2.05) is 48.1 Å². The molecule has 23 heavy (non-hydrogen) atoms. The number of ketones is 1. The van der Waals surface area contributed by atoms with Crippen LogP contribution >= 0.6 is 0 Å². The predicted octanol–water partition coefficient (Wildman–Crippen LogP) is 4.20. The van der Waals surface area contributed by atoms with Crippen molar-refractivity contribution in [2.45, 2.75) is 13.8 Å². The summed E-state index contributed by atoms with van der Waals surface area (Å²) in [5.74, 6) is 0.158. The zero-order chi connectivity index (χ0) is 16.4. The molecule has 1 heterocycles. The fourth-order valence-electron chi connectivity index (χ4n) is 3.03. The molecule has 1 aromatic heterocycles. The van der Waals surface area contributed by atoms with E-state index in [0.29, 0.717) is 6.54 Å². The lowest BCUT2D eigenvalue weighted by molar-refractivity contribution is 0.100. The highest BCUT2D eigenvalue weighted by atomic mass is 16.1. The van der Waals surface area contributed by atoms with Crippen LogP contribution in [0.2, 0.25) is 0 Å². The summed E-state index contributed by atoms with van der Waals surface area (Å²) in [6, 6.07) is 16.3. The lowest BCUT2D eigenvalue weighted by atomic mass is 10.1. The van der Waals surface area contributed by atoms with Crippen LogP contribution in [-0.2, 0) is 7.05 Å². The number of fused-ring (bicyclic) bond motifs is 1. The van der Waals surface area contributed by atoms with Gasteiger partial charge in [0.15, 0.2) is 5.78 Å². The zero-order valence-corrected chi connectivity index (χ0v) is 13.9. The van der Waals surface area contributed by atoms with E-state index in [9.17, 15) is 4.79 Å². The molecule has 0 saturated carbocycles. The summed E-state index contributed by atoms with van der Waals surface area (Å²) in [7, 11) is 1.98. The average molecular weight is 306 g/mol. The van der Waals surface area contributed by atoms with E-state index in [-0.39, 0.29) is 5.78 Å². The minimum Gasteiger partial charge on any atom is -0.364 e. The molecule has 0 aliphatic carbocycles. The van der Waals surface area contributed by atoms with Crippen LogP contribution in [-0.4, -0.2) is 23.4 Å². The van der Waals surface area contributed by atoms with Crippen molar-refractivity contribution in [2.24, 2.45) is 7.05 Å². The van der Waals surface area contributed by atoms with Crippen LogP contribution in [0.4, 0.5) is 5.69 Å². The SMILES string of the molecule is CCN(CC(=O)c1cn(C)c2ccccc12)c1cccc(C)c1. The molecule has 3 aromatic rings. The van der Waals surface area contributed by atoms with Crippen LogP contribution in [0.25, 0.3) is 10.9 Å². The number of likely N-dealkylation sites (N-methyl/N-ethyl adjacent to an activating group) is 1. The van der Waals surface area contributed by atoms with Crippen LogP contribution in [0.3, 0.4) is 0 Å². The Morgan fingerprint density at radius 3 is 2.65 bits per heavy atom. The molecule has 0 N–H and O–H groups in total. The van der Waals surface area contributed by atoms with Crippen molar-refractivity contribution in [1.82, 2.24) is 4.57 Å². The van der Waals surface area contributed by atoms with Crippen molar-refractivity contribution in [3.8, 4) is 0 Å². The van der Waals surface area contributed by atoms with Crippen molar-refractivity contribution in [2.75, 3.05) is 18.0 Å². The van der Waals surface area contributed by atoms with Gasteiger partial charge >= 0.3 is 0 Å². The Morgan fingerprint density at radius 1 is 1.13 bits per heavy atom. The van der Waals surface area contributed by atoms with Crippen LogP contribution in [0.5, 0.6) is 0 Å². The Morgan fingerprint density at radius 2 is 1.91 bits per heavy atom. The first kappa shape index (κ1) is 15.3. The van der Waals surface area contributed by atoms with Gasteiger partial charge in [0.25, 0.3) is 0 Å². The molecule has 0 bridgehead atoms. The van der Waals surface area contributed by atoms with Crippen molar-refractivity contribution >= 4 is 22.4 Å². The van der Waals surface area contributed by atoms with Gasteiger partial charge in [-0.15, -0.1) is 0 Å². The second-order valence-electron chi connectivity index (χ2n) is 5.95. The van der Waals surface area contributed by atoms with Crippen LogP contribution < -0.4 is 4.90 Å². The van der Waals surface area contributed by atoms with E-state index in [1.165, 1.54) is 5.56 Å². The Labute approximate surface area is 137 Å². The smallest absolute Gasteiger partial charge is 0.184 e. The molecule has 0 atom stereocenters. The first-order chi connectivity index (χ1) is 11.1. The third-order valence-electron chi connectivity index (χ3n) is 4.28. The number of benzene rings is 2. The fourth-order valence-corrected chi connectivity index (χ4v) is 3.03. The summed E-state index contributed by atoms with van der Waals surface area (Å²) < 4.78 is 2.02. The highest BCUT2D eigenvalue weighted by Gasteiger charge is 2.16. The maximum Gasteiger partial charge on any atom is 0.184 e. The number of hydrogen-bond donors (Lipinski definition) is 0. The monoisotopic (exact) mass is 306 g/mol. The molecule has 0 aliphatic heterocycles. The van der Waals surface area contributed by atoms with Crippen molar-refractivity contribution in [3.05, 3.63) is 65.9 Å². The highest BCUT2D eigenvalue weighted by molar-refractivity contribution is 6.09. The topological polar surface area (TPSA) is 25.2 Å². The summed E-state index contributed by atoms with van der Waals surface area (Å²) in [6.07, 6.45) is 1.94. The second-order valence-corrected chi connectivity index (χ2v) is 5.95. The van der Waals surface area contributed by atoms with E-state index in [0.717, 1.165) is 28.7 Å². The van der Waals surface area contributed by atoms with E-state index in [4.69, 9.17) is 0 Å². The van der Waals surface area contributed by atoms with E-state index in [2.05, 4.69) is 36.9 Å². The molecule has 0 saturated heterocycles. The minimum absolute atomic E-state index is 0.158. The van der Waals surface area contributed by atoms with E-state index >= 15 is 0 Å². The Kier molecular flexibility index (Phi) is 4.20. The number of rotatable bonds is 5. The first-order valence-electron chi connectivity index (χ1n) is 7.99. The number of carbonyl (C=O) groups is 1. The van der Waals surface area contributed by atoms with Crippen molar-refractivity contribution in [1.29, 1.82) is 0 Å². The van der Waals surface area contributed by atoms with Gasteiger partial charge < -0.3 is 9.47 Å². The second kappa shape index (κ2) is 6.29. The average Bonchev–Trinajstić information content (AvgIpc) is 2.90. The normalized spacial score (nSPS) is 10.9. The van der Waals surface area contributed by atoms with Crippen molar-refractivity contribution < 1.29 is 4.79 Å². The Balaban J connectivity index is 1.90. The van der Waals surface area contributed by atoms with Crippen molar-refractivity contribution in [3.63, 3.8) is 0 Å². The lowest BCUT2D eigenvalue weighted by Gasteiger charge is -2.22. The standard InChI is InChI=1S/C20H22N2O/c1-4-22(16-9-7-8-15(2)12-16)14-20(23)18-13-21(3)19-11-6-5-10-17(18)19/h5-13H,4,14H2,1-3H3. The summed E-state index contributed by atoms with van der Waals surface area (Å²) in [5.41, 5.74) is 4.20. The van der Waals surface area contributed by atoms with Gasteiger partial charge in [0.2, 0.25) is 0 Å². The number of nitrogens with zero attached hydrogens (tertiary/aromatic N) is 2. The molecule has 0 amide bonds. The molecule has 0 fully saturated rings. The molecule has 3 rings (SSSR count). The fraction of sp³-hybridized carbons (Fsp3) is 0.250. The maximum absolute atomic E-state index is 12.8. The third-order valence-corrected chi connectivity index (χ3v) is 4.28. The predicted molar refractivity (Wildman–Crippen MR) is 96.3 cm³/mol. The summed E-state index contributed by atoms with van der Waals surface area (Å²) >= 11 is 0. The van der Waals surface area contributed by atoms with Gasteiger partial charge in [-0.05, 0) is 37.6 Å². The summed E-state index contributed by atoms with van der Waals surface area (Å²) in [5, 5.41) is 1.03. The quantitative estimate of drug-likeness (QED) is 0.660. The minimum atomic E-state index is 0.158. The number of anilines is 1. The van der Waals surface area contributed by atoms with Gasteiger partial charge in [-0.3, -0.25) is 4.79 Å². The molecule has 0 radical (unpaired) electrons.